The van der Waals surface area contributed by atoms with E-state index < -0.39 is 0 Å². The van der Waals surface area contributed by atoms with E-state index in [4.69, 9.17) is 13.9 Å². The highest BCUT2D eigenvalue weighted by molar-refractivity contribution is 6.10. The fourth-order valence-electron chi connectivity index (χ4n) is 16.8. The van der Waals surface area contributed by atoms with Crippen molar-refractivity contribution in [3.8, 4) is 68.2 Å². The van der Waals surface area contributed by atoms with Gasteiger partial charge in [-0.25, -0.2) is 0 Å². The molecule has 4 aromatic heterocycles. The molecule has 6 heterocycles. The minimum atomic E-state index is 0.283. The van der Waals surface area contributed by atoms with Gasteiger partial charge in [0.15, 0.2) is 11.6 Å². The zero-order valence-corrected chi connectivity index (χ0v) is 72.5. The van der Waals surface area contributed by atoms with Crippen molar-refractivity contribution in [2.45, 2.75) is 39.0 Å². The minimum Gasteiger partial charge on any atom is -0.416 e. The molecule has 2 saturated heterocycles. The number of rotatable bonds is 20. The number of epoxide rings is 2. The summed E-state index contributed by atoms with van der Waals surface area (Å²) in [4.78, 5) is 4.60. The molecule has 0 saturated carbocycles. The van der Waals surface area contributed by atoms with Crippen molar-refractivity contribution in [2.75, 3.05) is 23.0 Å². The number of benzene rings is 17. The highest BCUT2D eigenvalue weighted by Crippen LogP contribution is 2.41. The number of ether oxygens (including phenoxy) is 2. The van der Waals surface area contributed by atoms with Crippen molar-refractivity contribution in [2.24, 2.45) is 0 Å². The van der Waals surface area contributed by atoms with E-state index in [1.165, 1.54) is 82.8 Å². The van der Waals surface area contributed by atoms with Gasteiger partial charge in [0.25, 0.3) is 0 Å². The van der Waals surface area contributed by atoms with Crippen LogP contribution in [0.4, 0.5) is 34.1 Å². The first-order chi connectivity index (χ1) is 64.1. The second-order valence-electron chi connectivity index (χ2n) is 32.3. The lowest BCUT2D eigenvalue weighted by molar-refractivity contribution is 0.384. The van der Waals surface area contributed by atoms with Crippen molar-refractivity contribution in [3.63, 3.8) is 0 Å². The number of aryl methyl sites for hydroxylation is 2. The van der Waals surface area contributed by atoms with Crippen molar-refractivity contribution in [1.29, 1.82) is 0 Å². The molecule has 12 heteroatoms. The lowest BCUT2D eigenvalue weighted by Gasteiger charge is -2.26. The van der Waals surface area contributed by atoms with E-state index in [1.54, 1.807) is 6.08 Å². The molecular formula is C118H95N9O3. The zero-order valence-electron chi connectivity index (χ0n) is 72.5. The summed E-state index contributed by atoms with van der Waals surface area (Å²) in [6.45, 7) is 18.3. The molecule has 0 bridgehead atoms. The molecule has 130 heavy (non-hydrogen) atoms. The van der Waals surface area contributed by atoms with Crippen LogP contribution >= 0.6 is 0 Å². The second-order valence-corrected chi connectivity index (χ2v) is 32.3. The predicted octanol–water partition coefficient (Wildman–Crippen LogP) is 29.9. The fourth-order valence-corrected chi connectivity index (χ4v) is 16.8. The van der Waals surface area contributed by atoms with Crippen molar-refractivity contribution in [1.82, 2.24) is 34.1 Å². The number of hydrogen-bond acceptors (Lipinski definition) is 9. The first kappa shape index (κ1) is 83.2. The maximum Gasteiger partial charge on any atom is 0.248 e. The molecule has 2 aliphatic rings. The van der Waals surface area contributed by atoms with E-state index >= 15 is 0 Å². The second kappa shape index (κ2) is 38.6. The van der Waals surface area contributed by atoms with E-state index in [1.807, 2.05) is 97.1 Å². The van der Waals surface area contributed by atoms with Gasteiger partial charge in [0.1, 0.15) is 0 Å². The Balaban J connectivity index is 0.000000109. The van der Waals surface area contributed by atoms with Crippen LogP contribution in [0.2, 0.25) is 0 Å². The third-order valence-electron chi connectivity index (χ3n) is 23.6. The molecule has 0 spiro atoms. The van der Waals surface area contributed by atoms with Crippen molar-refractivity contribution >= 4 is 107 Å². The molecule has 2 atom stereocenters. The molecule has 0 amide bonds. The highest BCUT2D eigenvalue weighted by Gasteiger charge is 2.28. The quantitative estimate of drug-likeness (QED) is 0.0689. The smallest absolute Gasteiger partial charge is 0.248 e. The van der Waals surface area contributed by atoms with Crippen molar-refractivity contribution < 1.29 is 13.9 Å². The van der Waals surface area contributed by atoms with Crippen LogP contribution in [0.15, 0.2) is 449 Å². The lowest BCUT2D eigenvalue weighted by atomic mass is 10.0. The van der Waals surface area contributed by atoms with Crippen LogP contribution in [0.3, 0.4) is 0 Å². The predicted molar refractivity (Wildman–Crippen MR) is 539 cm³/mol. The van der Waals surface area contributed by atoms with Crippen molar-refractivity contribution in [3.05, 3.63) is 478 Å². The summed E-state index contributed by atoms with van der Waals surface area (Å²) in [7, 11) is 0. The Labute approximate surface area is 757 Å². The molecule has 17 aromatic carbocycles. The number of nitrogens with zero attached hydrogens (tertiary/aromatic N) is 9. The summed E-state index contributed by atoms with van der Waals surface area (Å²) in [6.07, 6.45) is 7.29. The summed E-state index contributed by atoms with van der Waals surface area (Å²) >= 11 is 0. The Kier molecular flexibility index (Phi) is 24.7. The maximum atomic E-state index is 5.89. The normalized spacial score (nSPS) is 12.9. The van der Waals surface area contributed by atoms with Gasteiger partial charge in [0, 0.05) is 95.7 Å². The van der Waals surface area contributed by atoms with Gasteiger partial charge < -0.3 is 37.4 Å². The third kappa shape index (κ3) is 18.7. The van der Waals surface area contributed by atoms with Gasteiger partial charge in [-0.2, -0.15) is 0 Å². The number of hydrogen-bond donors (Lipinski definition) is 0. The Morgan fingerprint density at radius 3 is 1.09 bits per heavy atom. The van der Waals surface area contributed by atoms with E-state index in [-0.39, 0.29) is 6.10 Å². The average Bonchev–Trinajstić information content (AvgIpc) is 1.61. The summed E-state index contributed by atoms with van der Waals surface area (Å²) in [5.74, 6) is 2.84. The Morgan fingerprint density at radius 2 is 0.654 bits per heavy atom. The van der Waals surface area contributed by atoms with Crippen LogP contribution in [0.1, 0.15) is 33.4 Å². The number of para-hydroxylation sites is 5. The summed E-state index contributed by atoms with van der Waals surface area (Å²) in [5, 5.41) is 24.7. The van der Waals surface area contributed by atoms with Gasteiger partial charge in [-0.15, -0.1) is 20.4 Å². The Bertz CT molecular complexity index is 7320. The van der Waals surface area contributed by atoms with Crippen LogP contribution in [0.5, 0.6) is 0 Å². The van der Waals surface area contributed by atoms with Gasteiger partial charge in [-0.05, 0) is 209 Å². The SMILES string of the molecule is C=Cc1ccc(-c2nnc(-c3cccc4ccccc34)o2)cc1.C=Cc1ccc(-n2c3ccccc3c3ccccc32)cc1.C=Cc1ccc(N(c2ccc(-c3ccc(N(c4ccccc4)c4cccc(C)c4)cc3)cc2)c2cccc(C)c2)cc1.c1ccc(-c2nnc(-c3ccccc3)n2CC2CO2)cc1.c1ccc2c(c1)c1ccccc1n2-c1ccc(CC2CO2)cc1. The van der Waals surface area contributed by atoms with E-state index in [0.717, 1.165) is 122 Å². The van der Waals surface area contributed by atoms with E-state index in [2.05, 4.69) is 417 Å². The molecule has 23 rings (SSSR count). The third-order valence-corrected chi connectivity index (χ3v) is 23.6. The van der Waals surface area contributed by atoms with Crippen LogP contribution in [-0.2, 0) is 22.4 Å². The highest BCUT2D eigenvalue weighted by atomic mass is 16.6. The minimum absolute atomic E-state index is 0.283. The maximum absolute atomic E-state index is 5.89. The first-order valence-corrected chi connectivity index (χ1v) is 44.0. The molecule has 0 radical (unpaired) electrons. The fraction of sp³-hybridized carbons (Fsp3) is 0.0678. The first-order valence-electron chi connectivity index (χ1n) is 44.0. The average molecular weight is 1690 g/mol. The number of fused-ring (bicyclic) bond motifs is 7. The molecule has 12 nitrogen and oxygen atoms in total. The number of aromatic nitrogens is 7. The standard InChI is InChI=1S/C40H34N2.C21H17NO.C20H14N2O.C20H15N.C17H15N3O/c1-4-32-16-22-36(23-17-32)42(40-15-9-11-31(3)29-40)38-26-20-34(21-27-38)33-18-24-37(25-19-33)41(35-12-6-5-7-13-35)39-14-8-10-30(2)28-39;1-3-7-20-18(5-1)19-6-2-4-8-21(19)22(20)16-11-9-15(10-12-16)13-17-14-23-17;1-2-14-10-12-16(13-11-14)19-21-22-20(23-19)18-9-5-7-15-6-3-4-8-17(15)18;1-2-15-11-13-16(14-12-15)21-19-9-5-3-7-17(19)18-8-4-6-10-20(18)21;1-3-7-13(8-4-1)16-18-19-17(14-9-5-2-6-10-14)20(16)11-15-12-21-15/h4-29H,1H2,2-3H3;1-12,17H,13-14H2;2-13H,1H2;2-14H,1H2;1-10,15H,11-12H2. The Hall–Kier alpha value is -16.4. The number of anilines is 6. The van der Waals surface area contributed by atoms with Gasteiger partial charge >= 0.3 is 0 Å². The largest absolute Gasteiger partial charge is 0.416 e. The molecule has 0 N–H and O–H groups in total. The summed E-state index contributed by atoms with van der Waals surface area (Å²) in [5.41, 5.74) is 27.6. The van der Waals surface area contributed by atoms with Gasteiger partial charge in [0.2, 0.25) is 11.8 Å². The molecular weight excluding hydrogens is 1590 g/mol. The zero-order chi connectivity index (χ0) is 88.1. The topological polar surface area (TPSA) is 111 Å². The monoisotopic (exact) mass is 1690 g/mol. The molecule has 2 aliphatic heterocycles. The van der Waals surface area contributed by atoms with Gasteiger partial charge in [0.05, 0.1) is 54.0 Å². The molecule has 2 fully saturated rings. The molecule has 21 aromatic rings. The summed E-state index contributed by atoms with van der Waals surface area (Å²) < 4.78 is 23.4. The summed E-state index contributed by atoms with van der Waals surface area (Å²) in [6, 6.07) is 148. The molecule has 0 aliphatic carbocycles. The van der Waals surface area contributed by atoms with Crippen LogP contribution in [-0.4, -0.2) is 59.5 Å². The van der Waals surface area contributed by atoms with Crippen LogP contribution < -0.4 is 9.80 Å². The van der Waals surface area contributed by atoms with Gasteiger partial charge in [-0.3, -0.25) is 0 Å². The molecule has 630 valence electrons. The lowest BCUT2D eigenvalue weighted by Crippen LogP contribution is -2.10. The van der Waals surface area contributed by atoms with E-state index in [0.29, 0.717) is 17.9 Å². The van der Waals surface area contributed by atoms with Crippen LogP contribution in [0.25, 0.3) is 141 Å². The molecule has 2 unspecified atom stereocenters. The van der Waals surface area contributed by atoms with Gasteiger partial charge in [-0.1, -0.05) is 323 Å². The Morgan fingerprint density at radius 1 is 0.308 bits per heavy atom. The van der Waals surface area contributed by atoms with E-state index in [9.17, 15) is 0 Å². The van der Waals surface area contributed by atoms with Crippen LogP contribution in [0, 0.1) is 13.8 Å².